The van der Waals surface area contributed by atoms with E-state index >= 15 is 0 Å². The maximum absolute atomic E-state index is 13.6. The van der Waals surface area contributed by atoms with Crippen LogP contribution in [0.4, 0.5) is 17.6 Å². The summed E-state index contributed by atoms with van der Waals surface area (Å²) in [5.74, 6) is -1.69. The summed E-state index contributed by atoms with van der Waals surface area (Å²) in [4.78, 5) is 0.941. The molecule has 0 amide bonds. The van der Waals surface area contributed by atoms with E-state index in [4.69, 9.17) is 4.74 Å². The van der Waals surface area contributed by atoms with Crippen molar-refractivity contribution in [2.24, 2.45) is 5.92 Å². The molecule has 2 aromatic carbocycles. The Labute approximate surface area is 203 Å². The van der Waals surface area contributed by atoms with Crippen LogP contribution < -0.4 is 0 Å². The molecule has 186 valence electrons. The van der Waals surface area contributed by atoms with Crippen LogP contribution in [0.2, 0.25) is 0 Å². The SMILES string of the molecule is CSc1ccc(-n2nnnc2C(F)(F)F)cc1[C@H]1CO[C@]2(CC[C@H](CO)[C@H]2c2ccc(F)cc2)C1. The third kappa shape index (κ3) is 4.34. The van der Waals surface area contributed by atoms with Crippen LogP contribution in [0.15, 0.2) is 47.4 Å². The van der Waals surface area contributed by atoms with Crippen molar-refractivity contribution in [1.29, 1.82) is 0 Å². The Morgan fingerprint density at radius 2 is 1.97 bits per heavy atom. The minimum Gasteiger partial charge on any atom is -0.396 e. The molecule has 1 N–H and O–H groups in total. The summed E-state index contributed by atoms with van der Waals surface area (Å²) < 4.78 is 60.9. The summed E-state index contributed by atoms with van der Waals surface area (Å²) in [7, 11) is 0. The van der Waals surface area contributed by atoms with Crippen molar-refractivity contribution in [3.8, 4) is 5.69 Å². The lowest BCUT2D eigenvalue weighted by Crippen LogP contribution is -2.34. The van der Waals surface area contributed by atoms with Gasteiger partial charge in [-0.25, -0.2) is 4.39 Å². The topological polar surface area (TPSA) is 73.1 Å². The Morgan fingerprint density at radius 1 is 1.20 bits per heavy atom. The molecule has 2 fully saturated rings. The average Bonchev–Trinajstić information content (AvgIpc) is 3.58. The number of alkyl halides is 3. The molecule has 2 aliphatic rings. The van der Waals surface area contributed by atoms with Gasteiger partial charge in [0.15, 0.2) is 0 Å². The number of aromatic nitrogens is 4. The second kappa shape index (κ2) is 9.18. The minimum absolute atomic E-state index is 0.00286. The molecule has 4 atom stereocenters. The Hall–Kier alpha value is -2.50. The lowest BCUT2D eigenvalue weighted by molar-refractivity contribution is -0.146. The number of benzene rings is 2. The van der Waals surface area contributed by atoms with Crippen LogP contribution in [-0.2, 0) is 10.9 Å². The second-order valence-electron chi connectivity index (χ2n) is 9.13. The predicted molar refractivity (Wildman–Crippen MR) is 121 cm³/mol. The minimum atomic E-state index is -4.69. The normalized spacial score (nSPS) is 26.6. The largest absolute Gasteiger partial charge is 0.453 e. The maximum atomic E-state index is 13.6. The smallest absolute Gasteiger partial charge is 0.396 e. The number of nitrogens with zero attached hydrogens (tertiary/aromatic N) is 4. The molecule has 0 radical (unpaired) electrons. The van der Waals surface area contributed by atoms with Crippen LogP contribution in [0.3, 0.4) is 0 Å². The van der Waals surface area contributed by atoms with E-state index in [1.54, 1.807) is 30.3 Å². The molecule has 1 aromatic heterocycles. The quantitative estimate of drug-likeness (QED) is 0.388. The Kier molecular flexibility index (Phi) is 6.35. The molecule has 6 nitrogen and oxygen atoms in total. The molecule has 1 spiro atoms. The van der Waals surface area contributed by atoms with E-state index in [0.29, 0.717) is 17.7 Å². The van der Waals surface area contributed by atoms with E-state index in [0.717, 1.165) is 28.9 Å². The summed E-state index contributed by atoms with van der Waals surface area (Å²) in [6, 6.07) is 11.4. The Bertz CT molecular complexity index is 1200. The van der Waals surface area contributed by atoms with E-state index in [1.165, 1.54) is 23.9 Å². The summed E-state index contributed by atoms with van der Waals surface area (Å²) in [6.45, 7) is 0.400. The van der Waals surface area contributed by atoms with Crippen molar-refractivity contribution in [1.82, 2.24) is 20.2 Å². The molecular weight excluding hydrogens is 484 g/mol. The van der Waals surface area contributed by atoms with Crippen molar-refractivity contribution < 1.29 is 27.4 Å². The van der Waals surface area contributed by atoms with Crippen LogP contribution in [0.1, 0.15) is 48.0 Å². The van der Waals surface area contributed by atoms with Crippen LogP contribution in [0.5, 0.6) is 0 Å². The number of ether oxygens (including phenoxy) is 1. The number of rotatable bonds is 5. The van der Waals surface area contributed by atoms with E-state index in [-0.39, 0.29) is 35.9 Å². The molecular formula is C24H24F4N4O2S. The molecule has 1 aliphatic carbocycles. The van der Waals surface area contributed by atoms with Gasteiger partial charge in [-0.3, -0.25) is 0 Å². The molecule has 11 heteroatoms. The zero-order valence-electron chi connectivity index (χ0n) is 18.9. The first kappa shape index (κ1) is 24.2. The number of hydrogen-bond donors (Lipinski definition) is 1. The molecule has 3 aromatic rings. The fraction of sp³-hybridized carbons (Fsp3) is 0.458. The van der Waals surface area contributed by atoms with Gasteiger partial charge in [0.1, 0.15) is 5.82 Å². The van der Waals surface area contributed by atoms with Crippen LogP contribution >= 0.6 is 11.8 Å². The highest BCUT2D eigenvalue weighted by Crippen LogP contribution is 2.56. The summed E-state index contributed by atoms with van der Waals surface area (Å²) in [5.41, 5.74) is 1.49. The van der Waals surface area contributed by atoms with Crippen LogP contribution in [-0.4, -0.2) is 50.4 Å². The Balaban J connectivity index is 1.50. The van der Waals surface area contributed by atoms with Gasteiger partial charge in [0.05, 0.1) is 17.9 Å². The lowest BCUT2D eigenvalue weighted by atomic mass is 9.76. The molecule has 1 saturated heterocycles. The predicted octanol–water partition coefficient (Wildman–Crippen LogP) is 4.97. The fourth-order valence-electron chi connectivity index (χ4n) is 5.73. The van der Waals surface area contributed by atoms with Crippen LogP contribution in [0, 0.1) is 11.7 Å². The number of aliphatic hydroxyl groups is 1. The number of halogens is 4. The molecule has 1 aliphatic heterocycles. The molecule has 1 saturated carbocycles. The Morgan fingerprint density at radius 3 is 2.66 bits per heavy atom. The molecule has 0 unspecified atom stereocenters. The van der Waals surface area contributed by atoms with Crippen molar-refractivity contribution >= 4 is 11.8 Å². The third-order valence-corrected chi connectivity index (χ3v) is 8.04. The van der Waals surface area contributed by atoms with Gasteiger partial charge >= 0.3 is 6.18 Å². The molecule has 0 bridgehead atoms. The monoisotopic (exact) mass is 508 g/mol. The molecule has 35 heavy (non-hydrogen) atoms. The molecule has 2 heterocycles. The number of hydrogen-bond acceptors (Lipinski definition) is 6. The number of tetrazole rings is 1. The van der Waals surface area contributed by atoms with Gasteiger partial charge in [-0.05, 0) is 83.3 Å². The maximum Gasteiger partial charge on any atom is 0.453 e. The van der Waals surface area contributed by atoms with Gasteiger partial charge in [-0.1, -0.05) is 12.1 Å². The first-order chi connectivity index (χ1) is 16.8. The zero-order chi connectivity index (χ0) is 24.8. The second-order valence-corrected chi connectivity index (χ2v) is 9.97. The highest BCUT2D eigenvalue weighted by atomic mass is 32.2. The van der Waals surface area contributed by atoms with E-state index in [2.05, 4.69) is 15.5 Å². The number of aliphatic hydroxyl groups excluding tert-OH is 1. The summed E-state index contributed by atoms with van der Waals surface area (Å²) >= 11 is 1.51. The van der Waals surface area contributed by atoms with E-state index in [1.807, 2.05) is 6.26 Å². The summed E-state index contributed by atoms with van der Waals surface area (Å²) in [5, 5.41) is 20.0. The highest BCUT2D eigenvalue weighted by molar-refractivity contribution is 7.98. The van der Waals surface area contributed by atoms with Gasteiger partial charge in [0.2, 0.25) is 0 Å². The zero-order valence-corrected chi connectivity index (χ0v) is 19.7. The van der Waals surface area contributed by atoms with E-state index < -0.39 is 17.6 Å². The average molecular weight is 509 g/mol. The van der Waals surface area contributed by atoms with Gasteiger partial charge in [-0.15, -0.1) is 16.9 Å². The van der Waals surface area contributed by atoms with Crippen molar-refractivity contribution in [3.63, 3.8) is 0 Å². The van der Waals surface area contributed by atoms with Crippen molar-refractivity contribution in [3.05, 3.63) is 65.2 Å². The van der Waals surface area contributed by atoms with Crippen LogP contribution in [0.25, 0.3) is 5.69 Å². The number of thioether (sulfide) groups is 1. The molecule has 5 rings (SSSR count). The van der Waals surface area contributed by atoms with Gasteiger partial charge < -0.3 is 9.84 Å². The van der Waals surface area contributed by atoms with E-state index in [9.17, 15) is 22.7 Å². The summed E-state index contributed by atoms with van der Waals surface area (Å²) in [6.07, 6.45) is -0.602. The first-order valence-electron chi connectivity index (χ1n) is 11.3. The van der Waals surface area contributed by atoms with Gasteiger partial charge in [0.25, 0.3) is 5.82 Å². The standard InChI is InChI=1S/C24H24F4N4O2S/c1-35-20-7-6-18(32-22(24(26,27)28)29-30-31-32)10-19(20)16-11-23(34-13-16)9-8-15(12-33)21(23)14-2-4-17(25)5-3-14/h2-7,10,15-16,21,33H,8-9,11-13H2,1H3/t15-,16-,21-,23-/m1/s1. The van der Waals surface area contributed by atoms with Crippen molar-refractivity contribution in [2.75, 3.05) is 19.5 Å². The van der Waals surface area contributed by atoms with Gasteiger partial charge in [-0.2, -0.15) is 17.9 Å². The van der Waals surface area contributed by atoms with Gasteiger partial charge in [0, 0.05) is 23.3 Å². The highest BCUT2D eigenvalue weighted by Gasteiger charge is 2.54. The third-order valence-electron chi connectivity index (χ3n) is 7.22. The lowest BCUT2D eigenvalue weighted by Gasteiger charge is -2.33. The van der Waals surface area contributed by atoms with Crippen molar-refractivity contribution in [2.45, 2.75) is 47.8 Å². The first-order valence-corrected chi connectivity index (χ1v) is 12.5. The fourth-order valence-corrected chi connectivity index (χ4v) is 6.39.